The van der Waals surface area contributed by atoms with Crippen molar-refractivity contribution in [2.45, 2.75) is 12.8 Å². The summed E-state index contributed by atoms with van der Waals surface area (Å²) in [7, 11) is 0. The van der Waals surface area contributed by atoms with E-state index in [4.69, 9.17) is 20.5 Å². The van der Waals surface area contributed by atoms with Crippen LogP contribution >= 0.6 is 11.6 Å². The topological polar surface area (TPSA) is 52.1 Å². The van der Waals surface area contributed by atoms with E-state index in [1.807, 2.05) is 12.1 Å². The maximum Gasteiger partial charge on any atom is 0.263 e. The van der Waals surface area contributed by atoms with Gasteiger partial charge in [-0.25, -0.2) is 0 Å². The summed E-state index contributed by atoms with van der Waals surface area (Å²) in [5.74, 6) is 1.43. The van der Waals surface area contributed by atoms with Crippen LogP contribution in [0.5, 0.6) is 0 Å². The number of hydrogen-bond acceptors (Lipinski definition) is 4. The molecular formula is C8H7ClN2O2. The molecule has 0 fully saturated rings. The van der Waals surface area contributed by atoms with Crippen molar-refractivity contribution in [2.75, 3.05) is 0 Å². The van der Waals surface area contributed by atoms with Crippen molar-refractivity contribution in [1.82, 2.24) is 10.1 Å². The van der Waals surface area contributed by atoms with Crippen molar-refractivity contribution >= 4 is 11.6 Å². The summed E-state index contributed by atoms with van der Waals surface area (Å²) < 4.78 is 9.97. The van der Waals surface area contributed by atoms with Crippen LogP contribution in [-0.4, -0.2) is 10.1 Å². The van der Waals surface area contributed by atoms with E-state index in [-0.39, 0.29) is 5.28 Å². The predicted octanol–water partition coefficient (Wildman–Crippen LogP) is 2.10. The molecule has 2 aromatic rings. The minimum absolute atomic E-state index is 0.148. The van der Waals surface area contributed by atoms with Gasteiger partial charge in [0, 0.05) is 12.8 Å². The maximum absolute atomic E-state index is 5.48. The molecule has 4 nitrogen and oxygen atoms in total. The van der Waals surface area contributed by atoms with Crippen LogP contribution in [0.15, 0.2) is 27.3 Å². The van der Waals surface area contributed by atoms with E-state index in [2.05, 4.69) is 10.1 Å². The summed E-state index contributed by atoms with van der Waals surface area (Å²) in [6, 6.07) is 3.74. The standard InChI is InChI=1S/C8H7ClN2O2/c9-8-10-7(13-11-8)4-3-6-2-1-5-12-6/h1-2,5H,3-4H2. The molecule has 0 radical (unpaired) electrons. The third-order valence-electron chi connectivity index (χ3n) is 1.61. The van der Waals surface area contributed by atoms with Crippen molar-refractivity contribution < 1.29 is 8.94 Å². The molecule has 5 heteroatoms. The molecule has 2 heterocycles. The molecule has 0 atom stereocenters. The quantitative estimate of drug-likeness (QED) is 0.758. The Hall–Kier alpha value is -1.29. The number of aromatic nitrogens is 2. The van der Waals surface area contributed by atoms with E-state index in [1.165, 1.54) is 0 Å². The smallest absolute Gasteiger partial charge is 0.263 e. The Bertz CT molecular complexity index is 369. The molecule has 68 valence electrons. The number of aryl methyl sites for hydroxylation is 2. The molecule has 13 heavy (non-hydrogen) atoms. The third-order valence-corrected chi connectivity index (χ3v) is 1.76. The molecule has 2 rings (SSSR count). The van der Waals surface area contributed by atoms with Crippen LogP contribution in [0.2, 0.25) is 5.28 Å². The monoisotopic (exact) mass is 198 g/mol. The lowest BCUT2D eigenvalue weighted by Crippen LogP contribution is -1.89. The van der Waals surface area contributed by atoms with Gasteiger partial charge in [0.05, 0.1) is 6.26 Å². The van der Waals surface area contributed by atoms with Crippen LogP contribution < -0.4 is 0 Å². The van der Waals surface area contributed by atoms with Crippen LogP contribution in [0, 0.1) is 0 Å². The molecule has 0 saturated carbocycles. The average molecular weight is 199 g/mol. The minimum Gasteiger partial charge on any atom is -0.469 e. The summed E-state index contributed by atoms with van der Waals surface area (Å²) in [5.41, 5.74) is 0. The Morgan fingerprint density at radius 1 is 1.38 bits per heavy atom. The van der Waals surface area contributed by atoms with Gasteiger partial charge in [-0.1, -0.05) is 0 Å². The largest absolute Gasteiger partial charge is 0.469 e. The average Bonchev–Trinajstić information content (AvgIpc) is 2.71. The number of furan rings is 1. The number of nitrogens with zero attached hydrogens (tertiary/aromatic N) is 2. The molecule has 0 aliphatic carbocycles. The van der Waals surface area contributed by atoms with E-state index >= 15 is 0 Å². The van der Waals surface area contributed by atoms with E-state index < -0.39 is 0 Å². The van der Waals surface area contributed by atoms with Gasteiger partial charge in [-0.3, -0.25) is 0 Å². The highest BCUT2D eigenvalue weighted by Crippen LogP contribution is 2.08. The first kappa shape index (κ1) is 8.31. The summed E-state index contributed by atoms with van der Waals surface area (Å²) in [4.78, 5) is 3.86. The van der Waals surface area contributed by atoms with Crippen molar-refractivity contribution in [2.24, 2.45) is 0 Å². The van der Waals surface area contributed by atoms with Gasteiger partial charge in [0.25, 0.3) is 5.28 Å². The highest BCUT2D eigenvalue weighted by atomic mass is 35.5. The third kappa shape index (κ3) is 2.09. The highest BCUT2D eigenvalue weighted by molar-refractivity contribution is 6.28. The Morgan fingerprint density at radius 2 is 2.31 bits per heavy atom. The van der Waals surface area contributed by atoms with E-state index in [0.717, 1.165) is 12.2 Å². The predicted molar refractivity (Wildman–Crippen MR) is 45.4 cm³/mol. The molecule has 0 unspecified atom stereocenters. The summed E-state index contributed by atoms with van der Waals surface area (Å²) in [6.45, 7) is 0. The maximum atomic E-state index is 5.48. The molecule has 0 aliphatic rings. The van der Waals surface area contributed by atoms with Gasteiger partial charge in [-0.05, 0) is 28.9 Å². The van der Waals surface area contributed by atoms with E-state index in [1.54, 1.807) is 6.26 Å². The fourth-order valence-corrected chi connectivity index (χ4v) is 1.15. The first-order valence-corrected chi connectivity index (χ1v) is 4.23. The Morgan fingerprint density at radius 3 is 2.92 bits per heavy atom. The second kappa shape index (κ2) is 3.62. The fraction of sp³-hybridized carbons (Fsp3) is 0.250. The van der Waals surface area contributed by atoms with E-state index in [0.29, 0.717) is 12.3 Å². The zero-order valence-corrected chi connectivity index (χ0v) is 7.49. The summed E-state index contributed by atoms with van der Waals surface area (Å²) in [5, 5.41) is 3.61. The Kier molecular flexibility index (Phi) is 2.31. The van der Waals surface area contributed by atoms with Crippen molar-refractivity contribution in [3.05, 3.63) is 35.3 Å². The summed E-state index contributed by atoms with van der Waals surface area (Å²) >= 11 is 5.48. The molecule has 0 spiro atoms. The van der Waals surface area contributed by atoms with Gasteiger partial charge in [0.2, 0.25) is 5.89 Å². The molecule has 0 N–H and O–H groups in total. The van der Waals surface area contributed by atoms with Crippen LogP contribution in [-0.2, 0) is 12.8 Å². The first-order chi connectivity index (χ1) is 6.34. The SMILES string of the molecule is Clc1noc(CCc2ccco2)n1. The second-order valence-corrected chi connectivity index (χ2v) is 2.87. The van der Waals surface area contributed by atoms with Gasteiger partial charge in [-0.2, -0.15) is 4.98 Å². The number of halogens is 1. The lowest BCUT2D eigenvalue weighted by Gasteiger charge is -1.90. The lowest BCUT2D eigenvalue weighted by molar-refractivity contribution is 0.373. The number of rotatable bonds is 3. The van der Waals surface area contributed by atoms with Gasteiger partial charge in [-0.15, -0.1) is 0 Å². The second-order valence-electron chi connectivity index (χ2n) is 2.54. The Labute approximate surface area is 79.5 Å². The van der Waals surface area contributed by atoms with Gasteiger partial charge >= 0.3 is 0 Å². The van der Waals surface area contributed by atoms with Crippen molar-refractivity contribution in [3.63, 3.8) is 0 Å². The fourth-order valence-electron chi connectivity index (χ4n) is 1.02. The van der Waals surface area contributed by atoms with Gasteiger partial charge in [0.15, 0.2) is 0 Å². The zero-order valence-electron chi connectivity index (χ0n) is 6.74. The van der Waals surface area contributed by atoms with Crippen LogP contribution in [0.1, 0.15) is 11.7 Å². The highest BCUT2D eigenvalue weighted by Gasteiger charge is 2.04. The van der Waals surface area contributed by atoms with Gasteiger partial charge < -0.3 is 8.94 Å². The number of hydrogen-bond donors (Lipinski definition) is 0. The van der Waals surface area contributed by atoms with Crippen LogP contribution in [0.25, 0.3) is 0 Å². The lowest BCUT2D eigenvalue weighted by atomic mass is 10.2. The first-order valence-electron chi connectivity index (χ1n) is 3.85. The molecule has 0 saturated heterocycles. The zero-order chi connectivity index (χ0) is 9.10. The summed E-state index contributed by atoms with van der Waals surface area (Å²) in [6.07, 6.45) is 3.02. The van der Waals surface area contributed by atoms with Crippen molar-refractivity contribution in [3.8, 4) is 0 Å². The minimum atomic E-state index is 0.148. The molecule has 0 aliphatic heterocycles. The molecule has 0 amide bonds. The molecule has 0 bridgehead atoms. The molecule has 0 aromatic carbocycles. The van der Waals surface area contributed by atoms with Gasteiger partial charge in [0.1, 0.15) is 5.76 Å². The van der Waals surface area contributed by atoms with Crippen LogP contribution in [0.4, 0.5) is 0 Å². The Balaban J connectivity index is 1.93. The molecular weight excluding hydrogens is 192 g/mol. The van der Waals surface area contributed by atoms with Crippen molar-refractivity contribution in [1.29, 1.82) is 0 Å². The van der Waals surface area contributed by atoms with E-state index in [9.17, 15) is 0 Å². The normalized spacial score (nSPS) is 10.5. The molecule has 2 aromatic heterocycles. The van der Waals surface area contributed by atoms with Crippen LogP contribution in [0.3, 0.4) is 0 Å².